The monoisotopic (exact) mass is 205 g/mol. The first-order valence-corrected chi connectivity index (χ1v) is 5.60. The van der Waals surface area contributed by atoms with Crippen LogP contribution in [0.25, 0.3) is 0 Å². The number of hydrogen-bond acceptors (Lipinski definition) is 2. The molecule has 1 aliphatic heterocycles. The smallest absolute Gasteiger partial charge is 0.0839 e. The standard InChI is InChI=1S/C13H19NO/c1-9-5-10(2)7-11(6-9)13-8-12(14)3-4-15-13/h5-7,12-13H,3-4,8,14H2,1-2H3. The van der Waals surface area contributed by atoms with Crippen LogP contribution in [0.15, 0.2) is 18.2 Å². The number of benzene rings is 1. The summed E-state index contributed by atoms with van der Waals surface area (Å²) in [6.45, 7) is 5.04. The summed E-state index contributed by atoms with van der Waals surface area (Å²) >= 11 is 0. The summed E-state index contributed by atoms with van der Waals surface area (Å²) in [6, 6.07) is 6.89. The first kappa shape index (κ1) is 10.7. The van der Waals surface area contributed by atoms with Crippen molar-refractivity contribution >= 4 is 0 Å². The molecule has 0 saturated carbocycles. The topological polar surface area (TPSA) is 35.2 Å². The summed E-state index contributed by atoms with van der Waals surface area (Å²) < 4.78 is 5.76. The third kappa shape index (κ3) is 2.58. The maximum absolute atomic E-state index is 5.96. The van der Waals surface area contributed by atoms with E-state index in [1.54, 1.807) is 0 Å². The molecule has 0 aliphatic carbocycles. The number of hydrogen-bond donors (Lipinski definition) is 1. The minimum absolute atomic E-state index is 0.201. The zero-order valence-corrected chi connectivity index (χ0v) is 9.49. The van der Waals surface area contributed by atoms with Crippen molar-refractivity contribution in [2.24, 2.45) is 5.73 Å². The van der Waals surface area contributed by atoms with Crippen LogP contribution in [0.5, 0.6) is 0 Å². The van der Waals surface area contributed by atoms with Crippen LogP contribution in [0.4, 0.5) is 0 Å². The van der Waals surface area contributed by atoms with Crippen molar-refractivity contribution in [2.45, 2.75) is 38.8 Å². The van der Waals surface area contributed by atoms with E-state index < -0.39 is 0 Å². The van der Waals surface area contributed by atoms with Gasteiger partial charge in [0, 0.05) is 12.6 Å². The second-order valence-corrected chi connectivity index (χ2v) is 4.56. The lowest BCUT2D eigenvalue weighted by atomic mass is 9.96. The molecule has 2 N–H and O–H groups in total. The number of rotatable bonds is 1. The molecule has 1 aliphatic rings. The third-order valence-corrected chi connectivity index (χ3v) is 2.94. The number of ether oxygens (including phenoxy) is 1. The molecule has 15 heavy (non-hydrogen) atoms. The van der Waals surface area contributed by atoms with E-state index in [9.17, 15) is 0 Å². The van der Waals surface area contributed by atoms with Crippen LogP contribution >= 0.6 is 0 Å². The molecule has 1 heterocycles. The van der Waals surface area contributed by atoms with Crippen LogP contribution in [0.3, 0.4) is 0 Å². The normalized spacial score (nSPS) is 26.6. The largest absolute Gasteiger partial charge is 0.373 e. The second-order valence-electron chi connectivity index (χ2n) is 4.56. The fraction of sp³-hybridized carbons (Fsp3) is 0.538. The van der Waals surface area contributed by atoms with Gasteiger partial charge in [0.15, 0.2) is 0 Å². The van der Waals surface area contributed by atoms with Crippen molar-refractivity contribution in [3.05, 3.63) is 34.9 Å². The summed E-state index contributed by atoms with van der Waals surface area (Å²) in [7, 11) is 0. The zero-order valence-electron chi connectivity index (χ0n) is 9.49. The van der Waals surface area contributed by atoms with Crippen molar-refractivity contribution < 1.29 is 4.74 Å². The van der Waals surface area contributed by atoms with Gasteiger partial charge in [-0.15, -0.1) is 0 Å². The Hall–Kier alpha value is -0.860. The van der Waals surface area contributed by atoms with Crippen LogP contribution in [0, 0.1) is 13.8 Å². The molecule has 2 atom stereocenters. The highest BCUT2D eigenvalue weighted by Gasteiger charge is 2.21. The van der Waals surface area contributed by atoms with Gasteiger partial charge < -0.3 is 10.5 Å². The Bertz CT molecular complexity index is 328. The van der Waals surface area contributed by atoms with E-state index in [1.807, 2.05) is 0 Å². The minimum atomic E-state index is 0.201. The molecule has 0 amide bonds. The van der Waals surface area contributed by atoms with Crippen molar-refractivity contribution in [3.63, 3.8) is 0 Å². The van der Waals surface area contributed by atoms with Crippen molar-refractivity contribution in [1.29, 1.82) is 0 Å². The number of aryl methyl sites for hydroxylation is 2. The predicted molar refractivity (Wildman–Crippen MR) is 61.8 cm³/mol. The van der Waals surface area contributed by atoms with Crippen LogP contribution in [-0.2, 0) is 4.74 Å². The van der Waals surface area contributed by atoms with Crippen LogP contribution < -0.4 is 5.73 Å². The molecule has 82 valence electrons. The van der Waals surface area contributed by atoms with Gasteiger partial charge in [0.25, 0.3) is 0 Å². The van der Waals surface area contributed by atoms with E-state index in [2.05, 4.69) is 32.0 Å². The van der Waals surface area contributed by atoms with Crippen molar-refractivity contribution in [1.82, 2.24) is 0 Å². The first-order chi connectivity index (χ1) is 7.15. The maximum Gasteiger partial charge on any atom is 0.0839 e. The Morgan fingerprint density at radius 3 is 2.47 bits per heavy atom. The van der Waals surface area contributed by atoms with E-state index in [1.165, 1.54) is 16.7 Å². The van der Waals surface area contributed by atoms with Gasteiger partial charge in [0.1, 0.15) is 0 Å². The lowest BCUT2D eigenvalue weighted by Crippen LogP contribution is -2.30. The van der Waals surface area contributed by atoms with Crippen LogP contribution in [0.2, 0.25) is 0 Å². The van der Waals surface area contributed by atoms with Crippen molar-refractivity contribution in [2.75, 3.05) is 6.61 Å². The Morgan fingerprint density at radius 1 is 1.20 bits per heavy atom. The molecule has 2 rings (SSSR count). The molecule has 1 aromatic rings. The fourth-order valence-corrected chi connectivity index (χ4v) is 2.25. The Kier molecular flexibility index (Phi) is 3.08. The van der Waals surface area contributed by atoms with Gasteiger partial charge in [0.2, 0.25) is 0 Å². The van der Waals surface area contributed by atoms with Gasteiger partial charge in [-0.3, -0.25) is 0 Å². The van der Waals surface area contributed by atoms with Gasteiger partial charge in [-0.2, -0.15) is 0 Å². The lowest BCUT2D eigenvalue weighted by Gasteiger charge is -2.27. The molecular weight excluding hydrogens is 186 g/mol. The third-order valence-electron chi connectivity index (χ3n) is 2.94. The summed E-state index contributed by atoms with van der Waals surface area (Å²) in [5.74, 6) is 0. The maximum atomic E-state index is 5.96. The predicted octanol–water partition coefficient (Wildman–Crippen LogP) is 2.48. The fourth-order valence-electron chi connectivity index (χ4n) is 2.25. The molecule has 1 saturated heterocycles. The average Bonchev–Trinajstić information content (AvgIpc) is 2.16. The van der Waals surface area contributed by atoms with Crippen LogP contribution in [-0.4, -0.2) is 12.6 Å². The lowest BCUT2D eigenvalue weighted by molar-refractivity contribution is 0.00661. The second kappa shape index (κ2) is 4.33. The van der Waals surface area contributed by atoms with E-state index in [0.29, 0.717) is 6.04 Å². The summed E-state index contributed by atoms with van der Waals surface area (Å²) in [5.41, 5.74) is 9.84. The Labute approximate surface area is 91.4 Å². The average molecular weight is 205 g/mol. The minimum Gasteiger partial charge on any atom is -0.373 e. The molecular formula is C13H19NO. The highest BCUT2D eigenvalue weighted by Crippen LogP contribution is 2.28. The van der Waals surface area contributed by atoms with Crippen LogP contribution in [0.1, 0.15) is 35.6 Å². The molecule has 2 unspecified atom stereocenters. The van der Waals surface area contributed by atoms with Gasteiger partial charge in [-0.1, -0.05) is 29.3 Å². The highest BCUT2D eigenvalue weighted by molar-refractivity contribution is 5.30. The number of nitrogens with two attached hydrogens (primary N) is 1. The van der Waals surface area contributed by atoms with Gasteiger partial charge in [-0.25, -0.2) is 0 Å². The molecule has 0 aromatic heterocycles. The van der Waals surface area contributed by atoms with Gasteiger partial charge in [-0.05, 0) is 32.3 Å². The molecule has 1 aromatic carbocycles. The molecule has 2 nitrogen and oxygen atoms in total. The first-order valence-electron chi connectivity index (χ1n) is 5.60. The van der Waals surface area contributed by atoms with Gasteiger partial charge >= 0.3 is 0 Å². The summed E-state index contributed by atoms with van der Waals surface area (Å²) in [5, 5.41) is 0. The van der Waals surface area contributed by atoms with E-state index in [4.69, 9.17) is 10.5 Å². The zero-order chi connectivity index (χ0) is 10.8. The quantitative estimate of drug-likeness (QED) is 0.764. The summed E-state index contributed by atoms with van der Waals surface area (Å²) in [6.07, 6.45) is 2.14. The van der Waals surface area contributed by atoms with Gasteiger partial charge in [0.05, 0.1) is 6.10 Å². The summed E-state index contributed by atoms with van der Waals surface area (Å²) in [4.78, 5) is 0. The molecule has 0 bridgehead atoms. The highest BCUT2D eigenvalue weighted by atomic mass is 16.5. The van der Waals surface area contributed by atoms with E-state index >= 15 is 0 Å². The SMILES string of the molecule is Cc1cc(C)cc(C2CC(N)CCO2)c1. The molecule has 2 heteroatoms. The molecule has 1 fully saturated rings. The molecule has 0 radical (unpaired) electrons. The Balaban J connectivity index is 2.20. The Morgan fingerprint density at radius 2 is 1.87 bits per heavy atom. The van der Waals surface area contributed by atoms with E-state index in [-0.39, 0.29) is 6.10 Å². The van der Waals surface area contributed by atoms with E-state index in [0.717, 1.165) is 19.4 Å². The van der Waals surface area contributed by atoms with Crippen molar-refractivity contribution in [3.8, 4) is 0 Å². The molecule has 0 spiro atoms.